The van der Waals surface area contributed by atoms with Crippen LogP contribution in [0.4, 0.5) is 0 Å². The lowest BCUT2D eigenvalue weighted by molar-refractivity contribution is 0.616. The molecule has 0 bridgehead atoms. The van der Waals surface area contributed by atoms with Gasteiger partial charge >= 0.3 is 0 Å². The van der Waals surface area contributed by atoms with Crippen LogP contribution < -0.4 is 0 Å². The average molecular weight is 860 g/mol. The second kappa shape index (κ2) is 15.5. The molecular formula is C63H45N3O. The lowest BCUT2D eigenvalue weighted by atomic mass is 9.70. The molecule has 4 heteroatoms. The maximum absolute atomic E-state index is 6.57. The SMILES string of the molecule is CCC(Cc1ccccc1-c1cc2c(cc1C)C1(c3ccccc3-c3ccccc31)c1ccccc1-2)c1nc(-c2ccccc2)nc(-c2ccc3c(c2)oc2cccc(-c4ccccc4)c23)n1. The van der Waals surface area contributed by atoms with Gasteiger partial charge in [-0.2, -0.15) is 0 Å². The summed E-state index contributed by atoms with van der Waals surface area (Å²) >= 11 is 0. The molecule has 2 aliphatic rings. The third kappa shape index (κ3) is 6.02. The number of aryl methyl sites for hydroxylation is 1. The second-order valence-corrected chi connectivity index (χ2v) is 18.1. The van der Waals surface area contributed by atoms with Gasteiger partial charge < -0.3 is 4.42 Å². The topological polar surface area (TPSA) is 51.8 Å². The van der Waals surface area contributed by atoms with Crippen molar-refractivity contribution in [2.45, 2.75) is 38.0 Å². The van der Waals surface area contributed by atoms with Crippen molar-refractivity contribution in [1.82, 2.24) is 15.0 Å². The third-order valence-electron chi connectivity index (χ3n) is 14.5. The first-order valence-corrected chi connectivity index (χ1v) is 23.4. The van der Waals surface area contributed by atoms with Crippen molar-refractivity contribution in [2.75, 3.05) is 0 Å². The van der Waals surface area contributed by atoms with E-state index in [1.807, 2.05) is 24.3 Å². The van der Waals surface area contributed by atoms with Crippen molar-refractivity contribution >= 4 is 21.9 Å². The van der Waals surface area contributed by atoms with E-state index in [2.05, 4.69) is 196 Å². The van der Waals surface area contributed by atoms with Crippen molar-refractivity contribution in [3.63, 3.8) is 0 Å². The van der Waals surface area contributed by atoms with Gasteiger partial charge in [0, 0.05) is 27.8 Å². The van der Waals surface area contributed by atoms with Gasteiger partial charge in [-0.1, -0.05) is 189 Å². The number of furan rings is 1. The van der Waals surface area contributed by atoms with Crippen LogP contribution in [-0.4, -0.2) is 15.0 Å². The minimum atomic E-state index is -0.373. The van der Waals surface area contributed by atoms with Crippen LogP contribution in [0.5, 0.6) is 0 Å². The maximum atomic E-state index is 6.57. The summed E-state index contributed by atoms with van der Waals surface area (Å²) in [6, 6.07) is 74.5. The van der Waals surface area contributed by atoms with E-state index in [-0.39, 0.29) is 11.3 Å². The molecule has 2 aliphatic carbocycles. The predicted molar refractivity (Wildman–Crippen MR) is 273 cm³/mol. The molecule has 2 heterocycles. The Morgan fingerprint density at radius 1 is 0.433 bits per heavy atom. The Morgan fingerprint density at radius 2 is 1.00 bits per heavy atom. The molecule has 9 aromatic carbocycles. The molecule has 4 nitrogen and oxygen atoms in total. The highest BCUT2D eigenvalue weighted by Crippen LogP contribution is 2.63. The number of hydrogen-bond acceptors (Lipinski definition) is 4. The monoisotopic (exact) mass is 859 g/mol. The summed E-state index contributed by atoms with van der Waals surface area (Å²) in [5.41, 5.74) is 21.2. The van der Waals surface area contributed by atoms with Crippen LogP contribution in [-0.2, 0) is 11.8 Å². The fourth-order valence-corrected chi connectivity index (χ4v) is 11.4. The summed E-state index contributed by atoms with van der Waals surface area (Å²) in [6.07, 6.45) is 1.63. The van der Waals surface area contributed by atoms with Crippen molar-refractivity contribution in [3.8, 4) is 67.3 Å². The van der Waals surface area contributed by atoms with Crippen LogP contribution in [0, 0.1) is 6.92 Å². The molecule has 1 unspecified atom stereocenters. The third-order valence-corrected chi connectivity index (χ3v) is 14.5. The Morgan fingerprint density at radius 3 is 1.67 bits per heavy atom. The minimum Gasteiger partial charge on any atom is -0.456 e. The smallest absolute Gasteiger partial charge is 0.163 e. The zero-order valence-corrected chi connectivity index (χ0v) is 37.4. The van der Waals surface area contributed by atoms with Crippen molar-refractivity contribution in [3.05, 3.63) is 245 Å². The summed E-state index contributed by atoms with van der Waals surface area (Å²) in [5.74, 6) is 2.12. The van der Waals surface area contributed by atoms with Crippen LogP contribution >= 0.6 is 0 Å². The van der Waals surface area contributed by atoms with Gasteiger partial charge in [0.25, 0.3) is 0 Å². The molecule has 67 heavy (non-hydrogen) atoms. The highest BCUT2D eigenvalue weighted by Gasteiger charge is 2.51. The molecule has 0 radical (unpaired) electrons. The van der Waals surface area contributed by atoms with Crippen molar-refractivity contribution in [1.29, 1.82) is 0 Å². The maximum Gasteiger partial charge on any atom is 0.163 e. The van der Waals surface area contributed by atoms with Gasteiger partial charge in [-0.15, -0.1) is 0 Å². The second-order valence-electron chi connectivity index (χ2n) is 18.1. The van der Waals surface area contributed by atoms with Crippen LogP contribution in [0.2, 0.25) is 0 Å². The molecule has 318 valence electrons. The molecule has 2 aromatic heterocycles. The Bertz CT molecular complexity index is 3690. The standard InChI is InChI=1S/C63H45N3O/c1-3-40(60-64-61(42-21-8-5-9-22-42)66-62(65-60)44-33-34-50-58(37-44)67-57-32-18-28-46(59(50)57)41-19-6-4-7-20-41)36-43-23-10-11-24-45(43)51-38-52-49-27-14-17-31-55(49)63(56(52)35-39(51)2)53-29-15-12-25-47(53)48-26-13-16-30-54(48)63/h4-35,37-38,40H,3,36H2,1-2H3. The Labute approximate surface area is 390 Å². The fraction of sp³-hybridized carbons (Fsp3) is 0.0952. The number of nitrogens with zero attached hydrogens (tertiary/aromatic N) is 3. The normalized spacial score (nSPS) is 13.4. The minimum absolute atomic E-state index is 0.0268. The van der Waals surface area contributed by atoms with Crippen LogP contribution in [0.25, 0.3) is 89.2 Å². The van der Waals surface area contributed by atoms with Gasteiger partial charge in [-0.25, -0.2) is 15.0 Å². The van der Waals surface area contributed by atoms with E-state index in [0.717, 1.165) is 62.9 Å². The first-order valence-electron chi connectivity index (χ1n) is 23.4. The van der Waals surface area contributed by atoms with Crippen LogP contribution in [0.3, 0.4) is 0 Å². The quantitative estimate of drug-likeness (QED) is 0.153. The molecule has 1 spiro atoms. The highest BCUT2D eigenvalue weighted by molar-refractivity contribution is 6.13. The molecule has 0 N–H and O–H groups in total. The molecule has 0 aliphatic heterocycles. The highest BCUT2D eigenvalue weighted by atomic mass is 16.3. The van der Waals surface area contributed by atoms with E-state index in [9.17, 15) is 0 Å². The van der Waals surface area contributed by atoms with Crippen molar-refractivity contribution in [2.24, 2.45) is 0 Å². The Hall–Kier alpha value is -8.21. The largest absolute Gasteiger partial charge is 0.456 e. The van der Waals surface area contributed by atoms with E-state index < -0.39 is 0 Å². The zero-order valence-electron chi connectivity index (χ0n) is 37.4. The number of benzene rings is 9. The van der Waals surface area contributed by atoms with E-state index >= 15 is 0 Å². The lowest BCUT2D eigenvalue weighted by Gasteiger charge is -2.31. The lowest BCUT2D eigenvalue weighted by Crippen LogP contribution is -2.25. The number of rotatable bonds is 8. The van der Waals surface area contributed by atoms with Crippen LogP contribution in [0.1, 0.15) is 58.5 Å². The van der Waals surface area contributed by atoms with E-state index in [0.29, 0.717) is 11.6 Å². The Kier molecular flexibility index (Phi) is 9.04. The number of fused-ring (bicyclic) bond motifs is 13. The van der Waals surface area contributed by atoms with Gasteiger partial charge in [0.15, 0.2) is 11.6 Å². The van der Waals surface area contributed by atoms with Gasteiger partial charge in [0.05, 0.1) is 5.41 Å². The number of hydrogen-bond donors (Lipinski definition) is 0. The predicted octanol–water partition coefficient (Wildman–Crippen LogP) is 15.8. The number of aromatic nitrogens is 3. The summed E-state index contributed by atoms with van der Waals surface area (Å²) in [7, 11) is 0. The van der Waals surface area contributed by atoms with Gasteiger partial charge in [-0.3, -0.25) is 0 Å². The molecule has 1 atom stereocenters. The van der Waals surface area contributed by atoms with Gasteiger partial charge in [0.1, 0.15) is 17.0 Å². The van der Waals surface area contributed by atoms with Gasteiger partial charge in [0.2, 0.25) is 0 Å². The summed E-state index contributed by atoms with van der Waals surface area (Å²) in [5, 5.41) is 2.18. The van der Waals surface area contributed by atoms with E-state index in [1.54, 1.807) is 0 Å². The average Bonchev–Trinajstić information content (AvgIpc) is 4.02. The van der Waals surface area contributed by atoms with Crippen LogP contribution in [0.15, 0.2) is 211 Å². The molecule has 0 saturated heterocycles. The zero-order chi connectivity index (χ0) is 44.6. The molecule has 11 aromatic rings. The van der Waals surface area contributed by atoms with Crippen molar-refractivity contribution < 1.29 is 4.42 Å². The molecule has 0 saturated carbocycles. The fourth-order valence-electron chi connectivity index (χ4n) is 11.4. The molecule has 0 amide bonds. The summed E-state index contributed by atoms with van der Waals surface area (Å²) in [6.45, 7) is 4.54. The molecular weight excluding hydrogens is 815 g/mol. The van der Waals surface area contributed by atoms with E-state index in [4.69, 9.17) is 19.4 Å². The molecule has 0 fully saturated rings. The molecule has 13 rings (SSSR count). The summed E-state index contributed by atoms with van der Waals surface area (Å²) < 4.78 is 6.57. The first-order chi connectivity index (χ1) is 33.1. The summed E-state index contributed by atoms with van der Waals surface area (Å²) in [4.78, 5) is 15.7. The van der Waals surface area contributed by atoms with E-state index in [1.165, 1.54) is 66.8 Å². The Balaban J connectivity index is 0.913. The van der Waals surface area contributed by atoms with Gasteiger partial charge in [-0.05, 0) is 122 Å². The first kappa shape index (κ1) is 39.2.